The number of benzene rings is 1. The Hall–Kier alpha value is -2.14. The minimum atomic E-state index is 0.746. The molecule has 5 heteroatoms. The van der Waals surface area contributed by atoms with Crippen LogP contribution < -0.4 is 10.6 Å². The van der Waals surface area contributed by atoms with E-state index in [0.717, 1.165) is 43.6 Å². The van der Waals surface area contributed by atoms with Gasteiger partial charge in [0.05, 0.1) is 0 Å². The van der Waals surface area contributed by atoms with Gasteiger partial charge in [0.25, 0.3) is 0 Å². The summed E-state index contributed by atoms with van der Waals surface area (Å²) in [7, 11) is 1.71. The predicted molar refractivity (Wildman–Crippen MR) is 90.3 cm³/mol. The largest absolute Gasteiger partial charge is 0.385 e. The van der Waals surface area contributed by atoms with Gasteiger partial charge in [-0.1, -0.05) is 29.8 Å². The first kappa shape index (κ1) is 16.2. The van der Waals surface area contributed by atoms with Crippen LogP contribution in [0.5, 0.6) is 0 Å². The average Bonchev–Trinajstić information content (AvgIpc) is 2.51. The number of nitrogens with one attached hydrogen (secondary N) is 2. The van der Waals surface area contributed by atoms with Crippen LogP contribution in [0.15, 0.2) is 30.3 Å². The zero-order valence-electron chi connectivity index (χ0n) is 13.5. The van der Waals surface area contributed by atoms with Crippen molar-refractivity contribution in [2.24, 2.45) is 0 Å². The topological polar surface area (TPSA) is 59.1 Å². The summed E-state index contributed by atoms with van der Waals surface area (Å²) in [6.07, 6.45) is 0.950. The van der Waals surface area contributed by atoms with Crippen molar-refractivity contribution >= 4 is 11.6 Å². The Morgan fingerprint density at radius 1 is 1.00 bits per heavy atom. The number of anilines is 2. The third-order valence-electron chi connectivity index (χ3n) is 3.26. The van der Waals surface area contributed by atoms with Crippen LogP contribution in [0, 0.1) is 13.8 Å². The lowest BCUT2D eigenvalue weighted by molar-refractivity contribution is 0.198. The lowest BCUT2D eigenvalue weighted by atomic mass is 10.1. The van der Waals surface area contributed by atoms with E-state index in [1.807, 2.05) is 13.0 Å². The van der Waals surface area contributed by atoms with Gasteiger partial charge in [0, 0.05) is 32.9 Å². The molecule has 2 rings (SSSR count). The Morgan fingerprint density at radius 2 is 1.68 bits per heavy atom. The van der Waals surface area contributed by atoms with E-state index in [0.29, 0.717) is 0 Å². The standard InChI is InChI=1S/C17H24N4O/c1-13-5-7-15(8-6-13)12-19-17-11-16(20-14(2)21-17)18-9-4-10-22-3/h5-8,11H,4,9-10,12H2,1-3H3,(H2,18,19,20,21). The lowest BCUT2D eigenvalue weighted by Crippen LogP contribution is -2.09. The third-order valence-corrected chi connectivity index (χ3v) is 3.26. The van der Waals surface area contributed by atoms with Gasteiger partial charge in [-0.15, -0.1) is 0 Å². The van der Waals surface area contributed by atoms with Gasteiger partial charge in [0.2, 0.25) is 0 Å². The molecule has 1 aromatic heterocycles. The number of hydrogen-bond donors (Lipinski definition) is 2. The van der Waals surface area contributed by atoms with E-state index in [9.17, 15) is 0 Å². The number of aryl methyl sites for hydroxylation is 2. The van der Waals surface area contributed by atoms with Gasteiger partial charge in [-0.05, 0) is 25.8 Å². The maximum absolute atomic E-state index is 5.04. The highest BCUT2D eigenvalue weighted by molar-refractivity contribution is 5.47. The zero-order valence-corrected chi connectivity index (χ0v) is 13.5. The molecule has 2 N–H and O–H groups in total. The molecule has 118 valence electrons. The molecule has 0 fully saturated rings. The van der Waals surface area contributed by atoms with Crippen molar-refractivity contribution in [3.63, 3.8) is 0 Å². The molecule has 0 saturated carbocycles. The number of ether oxygens (including phenoxy) is 1. The smallest absolute Gasteiger partial charge is 0.132 e. The fraction of sp³-hybridized carbons (Fsp3) is 0.412. The first-order valence-corrected chi connectivity index (χ1v) is 7.55. The Bertz CT molecular complexity index is 584. The fourth-order valence-corrected chi connectivity index (χ4v) is 2.08. The van der Waals surface area contributed by atoms with Crippen molar-refractivity contribution < 1.29 is 4.74 Å². The summed E-state index contributed by atoms with van der Waals surface area (Å²) in [5.41, 5.74) is 2.50. The second-order valence-electron chi connectivity index (χ2n) is 5.30. The maximum atomic E-state index is 5.04. The average molecular weight is 300 g/mol. The number of aromatic nitrogens is 2. The Labute approximate surface area is 132 Å². The summed E-state index contributed by atoms with van der Waals surface area (Å²) in [5.74, 6) is 2.43. The van der Waals surface area contributed by atoms with E-state index < -0.39 is 0 Å². The van der Waals surface area contributed by atoms with E-state index in [2.05, 4.69) is 51.8 Å². The summed E-state index contributed by atoms with van der Waals surface area (Å²) < 4.78 is 5.04. The van der Waals surface area contributed by atoms with Gasteiger partial charge in [-0.2, -0.15) is 0 Å². The molecule has 0 atom stereocenters. The highest BCUT2D eigenvalue weighted by Crippen LogP contribution is 2.13. The molecule has 1 heterocycles. The van der Waals surface area contributed by atoms with Crippen molar-refractivity contribution in [2.45, 2.75) is 26.8 Å². The normalized spacial score (nSPS) is 10.5. The molecule has 0 spiro atoms. The Kier molecular flexibility index (Phi) is 6.15. The second-order valence-corrected chi connectivity index (χ2v) is 5.30. The molecular weight excluding hydrogens is 276 g/mol. The summed E-state index contributed by atoms with van der Waals surface area (Å²) in [6.45, 7) is 6.32. The van der Waals surface area contributed by atoms with E-state index in [-0.39, 0.29) is 0 Å². The third kappa shape index (κ3) is 5.33. The van der Waals surface area contributed by atoms with Crippen LogP contribution in [0.1, 0.15) is 23.4 Å². The minimum Gasteiger partial charge on any atom is -0.385 e. The van der Waals surface area contributed by atoms with Crippen LogP contribution in [0.3, 0.4) is 0 Å². The van der Waals surface area contributed by atoms with E-state index in [4.69, 9.17) is 4.74 Å². The minimum absolute atomic E-state index is 0.746. The van der Waals surface area contributed by atoms with Gasteiger partial charge in [0.1, 0.15) is 17.5 Å². The van der Waals surface area contributed by atoms with Crippen LogP contribution in [0.2, 0.25) is 0 Å². The quantitative estimate of drug-likeness (QED) is 0.733. The van der Waals surface area contributed by atoms with Gasteiger partial charge in [-0.3, -0.25) is 0 Å². The van der Waals surface area contributed by atoms with Gasteiger partial charge >= 0.3 is 0 Å². The van der Waals surface area contributed by atoms with E-state index >= 15 is 0 Å². The monoisotopic (exact) mass is 300 g/mol. The molecule has 0 saturated heterocycles. The molecule has 0 bridgehead atoms. The van der Waals surface area contributed by atoms with Crippen LogP contribution in [-0.2, 0) is 11.3 Å². The Balaban J connectivity index is 1.92. The van der Waals surface area contributed by atoms with Crippen molar-refractivity contribution in [3.05, 3.63) is 47.3 Å². The molecule has 2 aromatic rings. The highest BCUT2D eigenvalue weighted by atomic mass is 16.5. The molecule has 0 aliphatic heterocycles. The van der Waals surface area contributed by atoms with Crippen LogP contribution in [-0.4, -0.2) is 30.2 Å². The van der Waals surface area contributed by atoms with Crippen LogP contribution in [0.25, 0.3) is 0 Å². The van der Waals surface area contributed by atoms with Crippen molar-refractivity contribution in [3.8, 4) is 0 Å². The van der Waals surface area contributed by atoms with E-state index in [1.54, 1.807) is 7.11 Å². The lowest BCUT2D eigenvalue weighted by Gasteiger charge is -2.10. The Morgan fingerprint density at radius 3 is 2.36 bits per heavy atom. The summed E-state index contributed by atoms with van der Waals surface area (Å²) in [4.78, 5) is 8.82. The predicted octanol–water partition coefficient (Wildman–Crippen LogP) is 3.15. The van der Waals surface area contributed by atoms with Crippen LogP contribution >= 0.6 is 0 Å². The molecule has 1 aromatic carbocycles. The molecule has 0 amide bonds. The summed E-state index contributed by atoms with van der Waals surface area (Å²) >= 11 is 0. The molecule has 0 radical (unpaired) electrons. The number of rotatable bonds is 8. The van der Waals surface area contributed by atoms with Crippen molar-refractivity contribution in [1.29, 1.82) is 0 Å². The second kappa shape index (κ2) is 8.34. The molecule has 0 aliphatic carbocycles. The molecule has 0 unspecified atom stereocenters. The van der Waals surface area contributed by atoms with Gasteiger partial charge in [0.15, 0.2) is 0 Å². The van der Waals surface area contributed by atoms with Gasteiger partial charge in [-0.25, -0.2) is 9.97 Å². The summed E-state index contributed by atoms with van der Waals surface area (Å²) in [6, 6.07) is 10.4. The van der Waals surface area contributed by atoms with Crippen LogP contribution in [0.4, 0.5) is 11.6 Å². The SMILES string of the molecule is COCCCNc1cc(NCc2ccc(C)cc2)nc(C)n1. The molecular formula is C17H24N4O. The van der Waals surface area contributed by atoms with Crippen molar-refractivity contribution in [1.82, 2.24) is 9.97 Å². The first-order chi connectivity index (χ1) is 10.7. The summed E-state index contributed by atoms with van der Waals surface area (Å²) in [5, 5.41) is 6.64. The number of hydrogen-bond acceptors (Lipinski definition) is 5. The molecule has 0 aliphatic rings. The number of nitrogens with zero attached hydrogens (tertiary/aromatic N) is 2. The van der Waals surface area contributed by atoms with Gasteiger partial charge < -0.3 is 15.4 Å². The number of methoxy groups -OCH3 is 1. The molecule has 5 nitrogen and oxygen atoms in total. The maximum Gasteiger partial charge on any atom is 0.132 e. The zero-order chi connectivity index (χ0) is 15.8. The highest BCUT2D eigenvalue weighted by Gasteiger charge is 2.02. The fourth-order valence-electron chi connectivity index (χ4n) is 2.08. The van der Waals surface area contributed by atoms with E-state index in [1.165, 1.54) is 11.1 Å². The first-order valence-electron chi connectivity index (χ1n) is 7.55. The molecule has 22 heavy (non-hydrogen) atoms. The van der Waals surface area contributed by atoms with Crippen molar-refractivity contribution in [2.75, 3.05) is 30.9 Å².